The first-order chi connectivity index (χ1) is 16.4. The highest BCUT2D eigenvalue weighted by atomic mass is 19.1. The summed E-state index contributed by atoms with van der Waals surface area (Å²) in [7, 11) is 5.95. The largest absolute Gasteiger partial charge is 0.495 e. The van der Waals surface area contributed by atoms with Crippen molar-refractivity contribution in [2.24, 2.45) is 0 Å². The molecule has 0 radical (unpaired) electrons. The van der Waals surface area contributed by atoms with Crippen LogP contribution in [0.4, 0.5) is 15.8 Å². The molecule has 0 heterocycles. The number of methoxy groups -OCH3 is 4. The van der Waals surface area contributed by atoms with E-state index in [0.29, 0.717) is 39.9 Å². The molecule has 3 aromatic carbocycles. The van der Waals surface area contributed by atoms with Gasteiger partial charge in [0, 0.05) is 11.3 Å². The molecule has 0 aromatic heterocycles. The lowest BCUT2D eigenvalue weighted by molar-refractivity contribution is -0.115. The molecular formula is C25H25FN2O6. The van der Waals surface area contributed by atoms with Crippen LogP contribution in [0.25, 0.3) is 0 Å². The fourth-order valence-corrected chi connectivity index (χ4v) is 3.34. The van der Waals surface area contributed by atoms with Crippen molar-refractivity contribution in [2.45, 2.75) is 6.42 Å². The molecule has 9 heteroatoms. The summed E-state index contributed by atoms with van der Waals surface area (Å²) in [5, 5.41) is 5.47. The van der Waals surface area contributed by atoms with Crippen LogP contribution in [0.3, 0.4) is 0 Å². The Bertz CT molecular complexity index is 1170. The lowest BCUT2D eigenvalue weighted by Crippen LogP contribution is -2.16. The zero-order valence-corrected chi connectivity index (χ0v) is 19.2. The average molecular weight is 468 g/mol. The maximum Gasteiger partial charge on any atom is 0.255 e. The molecule has 2 N–H and O–H groups in total. The van der Waals surface area contributed by atoms with Gasteiger partial charge in [0.2, 0.25) is 11.7 Å². The van der Waals surface area contributed by atoms with E-state index in [1.165, 1.54) is 46.6 Å². The summed E-state index contributed by atoms with van der Waals surface area (Å²) in [5.74, 6) is 0.358. The van der Waals surface area contributed by atoms with Crippen molar-refractivity contribution >= 4 is 23.2 Å². The topological polar surface area (TPSA) is 95.1 Å². The number of benzene rings is 3. The van der Waals surface area contributed by atoms with Crippen LogP contribution in [-0.4, -0.2) is 40.3 Å². The Hall–Kier alpha value is -4.27. The van der Waals surface area contributed by atoms with E-state index in [4.69, 9.17) is 18.9 Å². The molecule has 3 rings (SSSR count). The Kier molecular flexibility index (Phi) is 7.92. The minimum absolute atomic E-state index is 0.0354. The number of carbonyl (C=O) groups excluding carboxylic acids is 2. The van der Waals surface area contributed by atoms with Crippen molar-refractivity contribution in [1.29, 1.82) is 0 Å². The van der Waals surface area contributed by atoms with E-state index in [2.05, 4.69) is 10.6 Å². The summed E-state index contributed by atoms with van der Waals surface area (Å²) >= 11 is 0. The summed E-state index contributed by atoms with van der Waals surface area (Å²) in [6, 6.07) is 13.5. The van der Waals surface area contributed by atoms with Crippen LogP contribution in [0.2, 0.25) is 0 Å². The molecule has 0 bridgehead atoms. The van der Waals surface area contributed by atoms with Crippen molar-refractivity contribution in [3.05, 3.63) is 71.5 Å². The number of halogens is 1. The van der Waals surface area contributed by atoms with Crippen molar-refractivity contribution in [2.75, 3.05) is 39.1 Å². The number of hydrogen-bond donors (Lipinski definition) is 2. The minimum Gasteiger partial charge on any atom is -0.495 e. The van der Waals surface area contributed by atoms with Gasteiger partial charge in [-0.15, -0.1) is 0 Å². The van der Waals surface area contributed by atoms with Crippen LogP contribution in [0.1, 0.15) is 15.9 Å². The Morgan fingerprint density at radius 3 is 2.06 bits per heavy atom. The molecule has 34 heavy (non-hydrogen) atoms. The summed E-state index contributed by atoms with van der Waals surface area (Å²) in [6.07, 6.45) is 0.0354. The van der Waals surface area contributed by atoms with Crippen LogP contribution in [0, 0.1) is 5.82 Å². The van der Waals surface area contributed by atoms with Gasteiger partial charge in [-0.3, -0.25) is 9.59 Å². The molecule has 0 unspecified atom stereocenters. The number of anilines is 2. The molecule has 0 atom stereocenters. The molecule has 2 amide bonds. The molecule has 0 spiro atoms. The zero-order valence-electron chi connectivity index (χ0n) is 19.2. The Morgan fingerprint density at radius 1 is 0.794 bits per heavy atom. The molecule has 0 aliphatic carbocycles. The number of carbonyl (C=O) groups is 2. The quantitative estimate of drug-likeness (QED) is 0.487. The minimum atomic E-state index is -0.521. The average Bonchev–Trinajstić information content (AvgIpc) is 2.83. The third kappa shape index (κ3) is 5.74. The number of nitrogens with one attached hydrogen (secondary N) is 2. The van der Waals surface area contributed by atoms with E-state index in [9.17, 15) is 14.0 Å². The molecular weight excluding hydrogens is 443 g/mol. The standard InChI is InChI=1S/C25H25FN2O6/c1-31-20-9-8-18(14-19(20)28-25(30)16-6-5-7-17(26)13-16)27-23(29)12-15-10-21(32-2)24(34-4)22(11-15)33-3/h5-11,13-14H,12H2,1-4H3,(H,27,29)(H,28,30). The van der Waals surface area contributed by atoms with Gasteiger partial charge in [0.05, 0.1) is 40.5 Å². The Balaban J connectivity index is 1.77. The summed E-state index contributed by atoms with van der Waals surface area (Å²) in [5.41, 5.74) is 1.56. The maximum absolute atomic E-state index is 13.5. The number of hydrogen-bond acceptors (Lipinski definition) is 6. The normalized spacial score (nSPS) is 10.3. The van der Waals surface area contributed by atoms with Crippen molar-refractivity contribution in [3.63, 3.8) is 0 Å². The van der Waals surface area contributed by atoms with Crippen molar-refractivity contribution in [3.8, 4) is 23.0 Å². The predicted octanol–water partition coefficient (Wildman–Crippen LogP) is 4.29. The molecule has 8 nitrogen and oxygen atoms in total. The number of rotatable bonds is 9. The first-order valence-electron chi connectivity index (χ1n) is 10.2. The Labute approximate surface area is 196 Å². The molecule has 0 saturated carbocycles. The Morgan fingerprint density at radius 2 is 1.47 bits per heavy atom. The monoisotopic (exact) mass is 468 g/mol. The van der Waals surface area contributed by atoms with Crippen molar-refractivity contribution in [1.82, 2.24) is 0 Å². The summed E-state index contributed by atoms with van der Waals surface area (Å²) in [4.78, 5) is 25.2. The van der Waals surface area contributed by atoms with Crippen molar-refractivity contribution < 1.29 is 32.9 Å². The van der Waals surface area contributed by atoms with Gasteiger partial charge in [-0.2, -0.15) is 0 Å². The molecule has 0 aliphatic rings. The van der Waals surface area contributed by atoms with Gasteiger partial charge in [0.1, 0.15) is 11.6 Å². The van der Waals surface area contributed by atoms with Gasteiger partial charge in [-0.05, 0) is 54.1 Å². The molecule has 0 fully saturated rings. The van der Waals surface area contributed by atoms with Crippen LogP contribution in [0.5, 0.6) is 23.0 Å². The lowest BCUT2D eigenvalue weighted by Gasteiger charge is -2.15. The first kappa shape index (κ1) is 24.4. The van der Waals surface area contributed by atoms with E-state index in [1.54, 1.807) is 30.3 Å². The maximum atomic E-state index is 13.5. The number of amides is 2. The van der Waals surface area contributed by atoms with E-state index >= 15 is 0 Å². The first-order valence-corrected chi connectivity index (χ1v) is 10.2. The second kappa shape index (κ2) is 11.0. The van der Waals surface area contributed by atoms with Gasteiger partial charge in [-0.25, -0.2) is 4.39 Å². The van der Waals surface area contributed by atoms with Crippen LogP contribution < -0.4 is 29.6 Å². The predicted molar refractivity (Wildman–Crippen MR) is 126 cm³/mol. The third-order valence-electron chi connectivity index (χ3n) is 4.91. The van der Waals surface area contributed by atoms with E-state index in [1.807, 2.05) is 0 Å². The van der Waals surface area contributed by atoms with Crippen LogP contribution in [-0.2, 0) is 11.2 Å². The summed E-state index contributed by atoms with van der Waals surface area (Å²) in [6.45, 7) is 0. The second-order valence-electron chi connectivity index (χ2n) is 7.14. The fraction of sp³-hybridized carbons (Fsp3) is 0.200. The molecule has 0 saturated heterocycles. The van der Waals surface area contributed by atoms with Gasteiger partial charge < -0.3 is 29.6 Å². The third-order valence-corrected chi connectivity index (χ3v) is 4.91. The van der Waals surface area contributed by atoms with Crippen LogP contribution >= 0.6 is 0 Å². The highest BCUT2D eigenvalue weighted by Crippen LogP contribution is 2.38. The number of ether oxygens (including phenoxy) is 4. The summed E-state index contributed by atoms with van der Waals surface area (Å²) < 4.78 is 34.7. The van der Waals surface area contributed by atoms with E-state index in [0.717, 1.165) is 6.07 Å². The second-order valence-corrected chi connectivity index (χ2v) is 7.14. The SMILES string of the molecule is COc1ccc(NC(=O)Cc2cc(OC)c(OC)c(OC)c2)cc1NC(=O)c1cccc(F)c1. The van der Waals surface area contributed by atoms with Gasteiger partial charge in [0.15, 0.2) is 11.5 Å². The highest BCUT2D eigenvalue weighted by molar-refractivity contribution is 6.05. The highest BCUT2D eigenvalue weighted by Gasteiger charge is 2.16. The van der Waals surface area contributed by atoms with Gasteiger partial charge in [-0.1, -0.05) is 6.07 Å². The fourth-order valence-electron chi connectivity index (χ4n) is 3.34. The van der Waals surface area contributed by atoms with Crippen LogP contribution in [0.15, 0.2) is 54.6 Å². The van der Waals surface area contributed by atoms with Gasteiger partial charge in [0.25, 0.3) is 5.91 Å². The molecule has 3 aromatic rings. The van der Waals surface area contributed by atoms with Gasteiger partial charge >= 0.3 is 0 Å². The van der Waals surface area contributed by atoms with E-state index < -0.39 is 11.7 Å². The lowest BCUT2D eigenvalue weighted by atomic mass is 10.1. The zero-order chi connectivity index (χ0) is 24.7. The molecule has 178 valence electrons. The smallest absolute Gasteiger partial charge is 0.255 e. The van der Waals surface area contributed by atoms with E-state index in [-0.39, 0.29) is 17.9 Å². The molecule has 0 aliphatic heterocycles.